The summed E-state index contributed by atoms with van der Waals surface area (Å²) in [6, 6.07) is 7.83. The van der Waals surface area contributed by atoms with Crippen LogP contribution in [0.25, 0.3) is 0 Å². The van der Waals surface area contributed by atoms with Crippen LogP contribution in [-0.2, 0) is 4.79 Å². The van der Waals surface area contributed by atoms with Crippen molar-refractivity contribution in [1.29, 1.82) is 0 Å². The molecule has 1 aliphatic carbocycles. The van der Waals surface area contributed by atoms with E-state index in [2.05, 4.69) is 5.32 Å². The first-order chi connectivity index (χ1) is 8.51. The average Bonchev–Trinajstić information content (AvgIpc) is 2.27. The van der Waals surface area contributed by atoms with Crippen LogP contribution in [0.1, 0.15) is 38.2 Å². The fraction of sp³-hybridized carbons (Fsp3) is 0.533. The molecule has 1 aliphatic rings. The molecule has 18 heavy (non-hydrogen) atoms. The molecule has 0 aromatic heterocycles. The summed E-state index contributed by atoms with van der Waals surface area (Å²) in [6.07, 6.45) is 4.28. The Morgan fingerprint density at radius 3 is 2.61 bits per heavy atom. The number of anilines is 1. The van der Waals surface area contributed by atoms with Crippen molar-refractivity contribution in [2.24, 2.45) is 5.92 Å². The summed E-state index contributed by atoms with van der Waals surface area (Å²) in [5, 5.41) is 12.7. The van der Waals surface area contributed by atoms with E-state index in [1.54, 1.807) is 6.92 Å². The smallest absolute Gasteiger partial charge is 0.329 e. The largest absolute Gasteiger partial charge is 0.480 e. The summed E-state index contributed by atoms with van der Waals surface area (Å²) < 4.78 is 0. The Labute approximate surface area is 108 Å². The van der Waals surface area contributed by atoms with E-state index in [1.807, 2.05) is 31.2 Å². The molecule has 3 heteroatoms. The van der Waals surface area contributed by atoms with E-state index in [1.165, 1.54) is 19.3 Å². The van der Waals surface area contributed by atoms with Crippen LogP contribution in [0.15, 0.2) is 24.3 Å². The third kappa shape index (κ3) is 2.66. The molecule has 1 aromatic rings. The lowest BCUT2D eigenvalue weighted by atomic mass is 9.76. The normalized spacial score (nSPS) is 18.8. The number of hydrogen-bond donors (Lipinski definition) is 2. The van der Waals surface area contributed by atoms with Gasteiger partial charge in [-0.15, -0.1) is 0 Å². The standard InChI is InChI=1S/C15H21NO2/c1-11-6-3-4-9-13(11)16-15(2,14(17)18)10-12-7-5-8-12/h3-4,6,9,12,16H,5,7-8,10H2,1-2H3,(H,17,18). The minimum absolute atomic E-state index is 0.558. The number of para-hydroxylation sites is 1. The molecule has 0 saturated heterocycles. The van der Waals surface area contributed by atoms with Gasteiger partial charge in [-0.2, -0.15) is 0 Å². The highest BCUT2D eigenvalue weighted by atomic mass is 16.4. The van der Waals surface area contributed by atoms with Gasteiger partial charge in [0, 0.05) is 5.69 Å². The highest BCUT2D eigenvalue weighted by Gasteiger charge is 2.37. The molecule has 2 N–H and O–H groups in total. The van der Waals surface area contributed by atoms with E-state index in [0.717, 1.165) is 11.3 Å². The third-order valence-electron chi connectivity index (χ3n) is 3.95. The number of benzene rings is 1. The van der Waals surface area contributed by atoms with Gasteiger partial charge in [0.1, 0.15) is 5.54 Å². The van der Waals surface area contributed by atoms with Gasteiger partial charge >= 0.3 is 5.97 Å². The van der Waals surface area contributed by atoms with E-state index < -0.39 is 11.5 Å². The topological polar surface area (TPSA) is 49.3 Å². The average molecular weight is 247 g/mol. The molecule has 0 aliphatic heterocycles. The van der Waals surface area contributed by atoms with Gasteiger partial charge in [-0.25, -0.2) is 4.79 Å². The van der Waals surface area contributed by atoms with Crippen molar-refractivity contribution in [3.8, 4) is 0 Å². The number of carboxylic acid groups (broad SMARTS) is 1. The minimum Gasteiger partial charge on any atom is -0.480 e. The fourth-order valence-corrected chi connectivity index (χ4v) is 2.48. The predicted molar refractivity (Wildman–Crippen MR) is 72.8 cm³/mol. The van der Waals surface area contributed by atoms with Crippen LogP contribution < -0.4 is 5.32 Å². The zero-order chi connectivity index (χ0) is 13.2. The number of hydrogen-bond acceptors (Lipinski definition) is 2. The molecule has 0 radical (unpaired) electrons. The van der Waals surface area contributed by atoms with Crippen molar-refractivity contribution >= 4 is 11.7 Å². The lowest BCUT2D eigenvalue weighted by Crippen LogP contribution is -2.46. The molecule has 1 unspecified atom stereocenters. The maximum Gasteiger partial charge on any atom is 0.329 e. The van der Waals surface area contributed by atoms with Gasteiger partial charge in [0.25, 0.3) is 0 Å². The Kier molecular flexibility index (Phi) is 3.60. The first-order valence-corrected chi connectivity index (χ1v) is 6.58. The quantitative estimate of drug-likeness (QED) is 0.838. The Hall–Kier alpha value is -1.51. The van der Waals surface area contributed by atoms with Crippen molar-refractivity contribution in [2.75, 3.05) is 5.32 Å². The van der Waals surface area contributed by atoms with Gasteiger partial charge in [0.2, 0.25) is 0 Å². The van der Waals surface area contributed by atoms with E-state index in [0.29, 0.717) is 12.3 Å². The summed E-state index contributed by atoms with van der Waals surface area (Å²) in [6.45, 7) is 3.79. The molecule has 98 valence electrons. The zero-order valence-corrected chi connectivity index (χ0v) is 11.1. The SMILES string of the molecule is Cc1ccccc1NC(C)(CC1CCC1)C(=O)O. The maximum atomic E-state index is 11.5. The van der Waals surface area contributed by atoms with Gasteiger partial charge in [-0.3, -0.25) is 0 Å². The number of nitrogens with one attached hydrogen (secondary N) is 1. The molecule has 1 aromatic carbocycles. The van der Waals surface area contributed by atoms with Gasteiger partial charge in [-0.1, -0.05) is 37.5 Å². The number of aliphatic carboxylic acids is 1. The summed E-state index contributed by atoms with van der Waals surface area (Å²) >= 11 is 0. The molecule has 0 amide bonds. The summed E-state index contributed by atoms with van der Waals surface area (Å²) in [5.41, 5.74) is 1.14. The van der Waals surface area contributed by atoms with Crippen LogP contribution in [0.2, 0.25) is 0 Å². The van der Waals surface area contributed by atoms with E-state index in [-0.39, 0.29) is 0 Å². The lowest BCUT2D eigenvalue weighted by molar-refractivity contribution is -0.142. The zero-order valence-electron chi connectivity index (χ0n) is 11.1. The molecular weight excluding hydrogens is 226 g/mol. The first kappa shape index (κ1) is 12.9. The predicted octanol–water partition coefficient (Wildman–Crippen LogP) is 3.44. The highest BCUT2D eigenvalue weighted by molar-refractivity contribution is 5.82. The lowest BCUT2D eigenvalue weighted by Gasteiger charge is -2.35. The Morgan fingerprint density at radius 2 is 2.11 bits per heavy atom. The number of aryl methyl sites for hydroxylation is 1. The van der Waals surface area contributed by atoms with Crippen LogP contribution in [0.5, 0.6) is 0 Å². The highest BCUT2D eigenvalue weighted by Crippen LogP contribution is 2.35. The van der Waals surface area contributed by atoms with E-state index >= 15 is 0 Å². The second kappa shape index (κ2) is 5.01. The molecule has 3 nitrogen and oxygen atoms in total. The molecule has 0 heterocycles. The molecular formula is C15H21NO2. The van der Waals surface area contributed by atoms with Gasteiger partial charge in [0.05, 0.1) is 0 Å². The van der Waals surface area contributed by atoms with Crippen LogP contribution in [0, 0.1) is 12.8 Å². The second-order valence-corrected chi connectivity index (χ2v) is 5.58. The van der Waals surface area contributed by atoms with Crippen LogP contribution >= 0.6 is 0 Å². The second-order valence-electron chi connectivity index (χ2n) is 5.58. The van der Waals surface area contributed by atoms with Crippen LogP contribution in [0.4, 0.5) is 5.69 Å². The summed E-state index contributed by atoms with van der Waals surface area (Å²) in [7, 11) is 0. The molecule has 1 atom stereocenters. The fourth-order valence-electron chi connectivity index (χ4n) is 2.48. The molecule has 1 saturated carbocycles. The van der Waals surface area contributed by atoms with Gasteiger partial charge in [0.15, 0.2) is 0 Å². The molecule has 0 spiro atoms. The van der Waals surface area contributed by atoms with Gasteiger partial charge < -0.3 is 10.4 Å². The Bertz CT molecular complexity index is 440. The first-order valence-electron chi connectivity index (χ1n) is 6.58. The van der Waals surface area contributed by atoms with Crippen molar-refractivity contribution < 1.29 is 9.90 Å². The third-order valence-corrected chi connectivity index (χ3v) is 3.95. The minimum atomic E-state index is -0.864. The Morgan fingerprint density at radius 1 is 1.44 bits per heavy atom. The summed E-state index contributed by atoms with van der Waals surface area (Å²) in [4.78, 5) is 11.5. The van der Waals surface area contributed by atoms with E-state index in [4.69, 9.17) is 0 Å². The van der Waals surface area contributed by atoms with Crippen molar-refractivity contribution in [1.82, 2.24) is 0 Å². The van der Waals surface area contributed by atoms with Crippen molar-refractivity contribution in [2.45, 2.75) is 45.1 Å². The van der Waals surface area contributed by atoms with Crippen LogP contribution in [0.3, 0.4) is 0 Å². The van der Waals surface area contributed by atoms with Gasteiger partial charge in [-0.05, 0) is 37.8 Å². The summed E-state index contributed by atoms with van der Waals surface area (Å²) in [5.74, 6) is -0.208. The number of carboxylic acids is 1. The van der Waals surface area contributed by atoms with Crippen molar-refractivity contribution in [3.63, 3.8) is 0 Å². The van der Waals surface area contributed by atoms with E-state index in [9.17, 15) is 9.90 Å². The molecule has 1 fully saturated rings. The number of rotatable bonds is 5. The molecule has 0 bridgehead atoms. The van der Waals surface area contributed by atoms with Crippen LogP contribution in [-0.4, -0.2) is 16.6 Å². The monoisotopic (exact) mass is 247 g/mol. The Balaban J connectivity index is 2.14. The van der Waals surface area contributed by atoms with Crippen molar-refractivity contribution in [3.05, 3.63) is 29.8 Å². The maximum absolute atomic E-state index is 11.5. The number of carbonyl (C=O) groups is 1. The molecule has 2 rings (SSSR count).